The van der Waals surface area contributed by atoms with Crippen LogP contribution < -0.4 is 0 Å². The van der Waals surface area contributed by atoms with E-state index in [4.69, 9.17) is 5.11 Å². The van der Waals surface area contributed by atoms with Crippen molar-refractivity contribution in [2.45, 2.75) is 6.42 Å². The maximum absolute atomic E-state index is 14.1. The zero-order valence-corrected chi connectivity index (χ0v) is 13.3. The lowest BCUT2D eigenvalue weighted by Gasteiger charge is -2.10. The Kier molecular flexibility index (Phi) is 4.88. The van der Waals surface area contributed by atoms with Crippen LogP contribution in [0.4, 0.5) is 18.9 Å². The molecular weight excluding hydrogens is 430 g/mol. The number of benzene rings is 2. The van der Waals surface area contributed by atoms with Crippen LogP contribution in [-0.4, -0.2) is 16.0 Å². The highest BCUT2D eigenvalue weighted by molar-refractivity contribution is 14.1. The number of hydrogen-bond donors (Lipinski definition) is 1. The molecule has 0 fully saturated rings. The van der Waals surface area contributed by atoms with Crippen molar-refractivity contribution in [1.29, 1.82) is 0 Å². The number of aromatic carboxylic acids is 1. The second kappa shape index (κ2) is 6.52. The Morgan fingerprint density at radius 1 is 1.22 bits per heavy atom. The fourth-order valence-corrected chi connectivity index (χ4v) is 2.46. The molecule has 0 saturated carbocycles. The summed E-state index contributed by atoms with van der Waals surface area (Å²) < 4.78 is 42.2. The SMILES string of the molecule is O=C(O)c1cc([N+](=O)[O-])c(F)c(F)c1Cc1ccc(I)cc1F. The van der Waals surface area contributed by atoms with Gasteiger partial charge in [-0.3, -0.25) is 10.1 Å². The van der Waals surface area contributed by atoms with Crippen molar-refractivity contribution in [2.24, 2.45) is 0 Å². The van der Waals surface area contributed by atoms with Gasteiger partial charge >= 0.3 is 11.7 Å². The molecule has 0 saturated heterocycles. The van der Waals surface area contributed by atoms with Gasteiger partial charge in [0.2, 0.25) is 5.82 Å². The summed E-state index contributed by atoms with van der Waals surface area (Å²) in [6, 6.07) is 4.40. The minimum Gasteiger partial charge on any atom is -0.478 e. The van der Waals surface area contributed by atoms with Gasteiger partial charge in [0.1, 0.15) is 5.82 Å². The molecule has 0 amide bonds. The molecule has 23 heavy (non-hydrogen) atoms. The molecule has 9 heteroatoms. The number of carbonyl (C=O) groups is 1. The van der Waals surface area contributed by atoms with Crippen LogP contribution in [0.2, 0.25) is 0 Å². The van der Waals surface area contributed by atoms with Gasteiger partial charge in [0.05, 0.1) is 10.5 Å². The molecule has 1 N–H and O–H groups in total. The van der Waals surface area contributed by atoms with Crippen LogP contribution in [0.25, 0.3) is 0 Å². The number of nitrogens with zero attached hydrogens (tertiary/aromatic N) is 1. The van der Waals surface area contributed by atoms with E-state index in [0.29, 0.717) is 9.64 Å². The maximum Gasteiger partial charge on any atom is 0.336 e. The lowest BCUT2D eigenvalue weighted by atomic mass is 9.97. The number of carboxylic acid groups (broad SMARTS) is 1. The molecule has 2 aromatic rings. The number of nitro groups is 1. The van der Waals surface area contributed by atoms with Crippen LogP contribution in [0.1, 0.15) is 21.5 Å². The van der Waals surface area contributed by atoms with Crippen molar-refractivity contribution in [3.8, 4) is 0 Å². The second-order valence-electron chi connectivity index (χ2n) is 4.52. The van der Waals surface area contributed by atoms with E-state index in [2.05, 4.69) is 0 Å². The van der Waals surface area contributed by atoms with Crippen LogP contribution in [0.5, 0.6) is 0 Å². The maximum atomic E-state index is 14.1. The standard InChI is InChI=1S/C14H7F3INO4/c15-10-4-7(18)2-1-6(10)3-8-9(14(20)21)5-11(19(22)23)13(17)12(8)16/h1-2,4-5H,3H2,(H,20,21). The number of rotatable bonds is 4. The Morgan fingerprint density at radius 3 is 2.39 bits per heavy atom. The Labute approximate surface area is 141 Å². The van der Waals surface area contributed by atoms with Crippen LogP contribution >= 0.6 is 22.6 Å². The molecule has 0 aromatic heterocycles. The summed E-state index contributed by atoms with van der Waals surface area (Å²) in [5.74, 6) is -5.84. The molecule has 0 radical (unpaired) electrons. The first-order valence-electron chi connectivity index (χ1n) is 6.04. The molecule has 2 rings (SSSR count). The van der Waals surface area contributed by atoms with Crippen molar-refractivity contribution < 1.29 is 28.0 Å². The molecule has 0 spiro atoms. The quantitative estimate of drug-likeness (QED) is 0.447. The van der Waals surface area contributed by atoms with E-state index in [1.54, 1.807) is 0 Å². The lowest BCUT2D eigenvalue weighted by Crippen LogP contribution is -2.11. The van der Waals surface area contributed by atoms with E-state index in [1.165, 1.54) is 12.1 Å². The van der Waals surface area contributed by atoms with Crippen molar-refractivity contribution in [2.75, 3.05) is 0 Å². The van der Waals surface area contributed by atoms with Crippen LogP contribution in [0, 0.1) is 31.1 Å². The molecular formula is C14H7F3INO4. The lowest BCUT2D eigenvalue weighted by molar-refractivity contribution is -0.387. The number of nitro benzene ring substituents is 1. The first-order valence-corrected chi connectivity index (χ1v) is 7.12. The van der Waals surface area contributed by atoms with E-state index in [-0.39, 0.29) is 5.56 Å². The minimum absolute atomic E-state index is 0.0555. The number of hydrogen-bond acceptors (Lipinski definition) is 3. The van der Waals surface area contributed by atoms with Gasteiger partial charge in [-0.2, -0.15) is 4.39 Å². The molecule has 0 heterocycles. The highest BCUT2D eigenvalue weighted by Crippen LogP contribution is 2.29. The van der Waals surface area contributed by atoms with Gasteiger partial charge in [-0.05, 0) is 40.3 Å². The van der Waals surface area contributed by atoms with Crippen molar-refractivity contribution >= 4 is 34.2 Å². The predicted molar refractivity (Wildman–Crippen MR) is 81.9 cm³/mol. The van der Waals surface area contributed by atoms with Crippen molar-refractivity contribution in [1.82, 2.24) is 0 Å². The van der Waals surface area contributed by atoms with Crippen LogP contribution in [0.15, 0.2) is 24.3 Å². The number of carboxylic acids is 1. The Bertz CT molecular complexity index is 826. The molecule has 0 aliphatic heterocycles. The van der Waals surface area contributed by atoms with Crippen molar-refractivity contribution in [3.05, 3.63) is 72.1 Å². The van der Waals surface area contributed by atoms with Gasteiger partial charge in [0, 0.05) is 21.6 Å². The topological polar surface area (TPSA) is 80.4 Å². The van der Waals surface area contributed by atoms with E-state index in [9.17, 15) is 28.1 Å². The Balaban J connectivity index is 2.63. The summed E-state index contributed by atoms with van der Waals surface area (Å²) in [7, 11) is 0. The van der Waals surface area contributed by atoms with Gasteiger partial charge in [-0.1, -0.05) is 6.07 Å². The average Bonchev–Trinajstić information content (AvgIpc) is 2.45. The third-order valence-electron chi connectivity index (χ3n) is 3.10. The third-order valence-corrected chi connectivity index (χ3v) is 3.77. The smallest absolute Gasteiger partial charge is 0.336 e. The predicted octanol–water partition coefficient (Wildman–Crippen LogP) is 3.91. The second-order valence-corrected chi connectivity index (χ2v) is 5.77. The molecule has 0 aliphatic rings. The van der Waals surface area contributed by atoms with Crippen LogP contribution in [0.3, 0.4) is 0 Å². The normalized spacial score (nSPS) is 10.6. The molecule has 0 bridgehead atoms. The Morgan fingerprint density at radius 2 is 1.87 bits per heavy atom. The third kappa shape index (κ3) is 3.44. The summed E-state index contributed by atoms with van der Waals surface area (Å²) in [6.07, 6.45) is -0.550. The summed E-state index contributed by atoms with van der Waals surface area (Å²) in [6.45, 7) is 0. The monoisotopic (exact) mass is 437 g/mol. The highest BCUT2D eigenvalue weighted by atomic mass is 127. The van der Waals surface area contributed by atoms with Gasteiger partial charge in [-0.15, -0.1) is 0 Å². The molecule has 0 aliphatic carbocycles. The van der Waals surface area contributed by atoms with E-state index in [0.717, 1.165) is 6.07 Å². The van der Waals surface area contributed by atoms with E-state index < -0.39 is 51.6 Å². The van der Waals surface area contributed by atoms with Gasteiger partial charge in [-0.25, -0.2) is 13.6 Å². The number of halogens is 4. The molecule has 5 nitrogen and oxygen atoms in total. The molecule has 0 unspecified atom stereocenters. The molecule has 2 aromatic carbocycles. The fraction of sp³-hybridized carbons (Fsp3) is 0.0714. The zero-order valence-electron chi connectivity index (χ0n) is 11.1. The summed E-state index contributed by atoms with van der Waals surface area (Å²) in [5, 5.41) is 19.7. The Hall–Kier alpha value is -2.17. The molecule has 0 atom stereocenters. The van der Waals surface area contributed by atoms with E-state index in [1.807, 2.05) is 22.6 Å². The largest absolute Gasteiger partial charge is 0.478 e. The highest BCUT2D eigenvalue weighted by Gasteiger charge is 2.28. The summed E-state index contributed by atoms with van der Waals surface area (Å²) in [5.41, 5.74) is -2.78. The van der Waals surface area contributed by atoms with E-state index >= 15 is 0 Å². The average molecular weight is 437 g/mol. The first kappa shape index (κ1) is 17.2. The minimum atomic E-state index is -1.78. The summed E-state index contributed by atoms with van der Waals surface area (Å²) in [4.78, 5) is 20.6. The zero-order chi connectivity index (χ0) is 17.3. The fourth-order valence-electron chi connectivity index (χ4n) is 2.00. The molecule has 120 valence electrons. The van der Waals surface area contributed by atoms with Crippen LogP contribution in [-0.2, 0) is 6.42 Å². The summed E-state index contributed by atoms with van der Waals surface area (Å²) >= 11 is 1.85. The first-order chi connectivity index (χ1) is 10.7. The van der Waals surface area contributed by atoms with Crippen molar-refractivity contribution in [3.63, 3.8) is 0 Å². The van der Waals surface area contributed by atoms with Gasteiger partial charge < -0.3 is 5.11 Å². The van der Waals surface area contributed by atoms with Gasteiger partial charge in [0.15, 0.2) is 5.82 Å². The van der Waals surface area contributed by atoms with Gasteiger partial charge in [0.25, 0.3) is 0 Å².